The molecule has 3 N–H and O–H groups in total. The summed E-state index contributed by atoms with van der Waals surface area (Å²) in [4.78, 5) is 11.8. The van der Waals surface area contributed by atoms with Crippen molar-refractivity contribution in [3.05, 3.63) is 29.8 Å². The minimum Gasteiger partial charge on any atom is -0.330 e. The Bertz CT molecular complexity index is 433. The van der Waals surface area contributed by atoms with Gasteiger partial charge in [-0.1, -0.05) is 32.4 Å². The molecule has 1 aliphatic rings. The van der Waals surface area contributed by atoms with Crippen LogP contribution in [0.3, 0.4) is 0 Å². The standard InChI is InChI=1S/C16H24N2O/c1-16(2,11-17)13-6-8-14(9-7-13)18-15(19)10-12-4-3-5-12/h6-9,12H,3-5,10-11,17H2,1-2H3,(H,18,19). The second-order valence-electron chi connectivity index (χ2n) is 6.21. The predicted molar refractivity (Wildman–Crippen MR) is 79.1 cm³/mol. The van der Waals surface area contributed by atoms with Gasteiger partial charge < -0.3 is 11.1 Å². The first-order chi connectivity index (χ1) is 9.01. The van der Waals surface area contributed by atoms with Crippen LogP contribution in [-0.4, -0.2) is 12.5 Å². The van der Waals surface area contributed by atoms with Gasteiger partial charge in [0.15, 0.2) is 0 Å². The molecule has 1 aromatic carbocycles. The first-order valence-corrected chi connectivity index (χ1v) is 7.12. The maximum Gasteiger partial charge on any atom is 0.224 e. The fraction of sp³-hybridized carbons (Fsp3) is 0.562. The van der Waals surface area contributed by atoms with Gasteiger partial charge in [0, 0.05) is 24.1 Å². The summed E-state index contributed by atoms with van der Waals surface area (Å²) in [6.07, 6.45) is 4.35. The van der Waals surface area contributed by atoms with Crippen molar-refractivity contribution < 1.29 is 4.79 Å². The molecular weight excluding hydrogens is 236 g/mol. The van der Waals surface area contributed by atoms with Crippen molar-refractivity contribution in [2.75, 3.05) is 11.9 Å². The Hall–Kier alpha value is -1.35. The molecule has 3 nitrogen and oxygen atoms in total. The van der Waals surface area contributed by atoms with Crippen molar-refractivity contribution in [3.63, 3.8) is 0 Å². The Balaban J connectivity index is 1.92. The summed E-state index contributed by atoms with van der Waals surface area (Å²) >= 11 is 0. The van der Waals surface area contributed by atoms with Crippen LogP contribution < -0.4 is 11.1 Å². The second kappa shape index (κ2) is 5.74. The lowest BCUT2D eigenvalue weighted by Crippen LogP contribution is -2.28. The third-order valence-corrected chi connectivity index (χ3v) is 4.16. The number of hydrogen-bond donors (Lipinski definition) is 2. The molecule has 0 heterocycles. The number of nitrogens with two attached hydrogens (primary N) is 1. The molecule has 0 spiro atoms. The molecule has 0 atom stereocenters. The maximum atomic E-state index is 11.8. The van der Waals surface area contributed by atoms with E-state index in [-0.39, 0.29) is 11.3 Å². The van der Waals surface area contributed by atoms with Gasteiger partial charge in [-0.05, 0) is 36.5 Å². The fourth-order valence-corrected chi connectivity index (χ4v) is 2.29. The number of carbonyl (C=O) groups excluding carboxylic acids is 1. The smallest absolute Gasteiger partial charge is 0.224 e. The topological polar surface area (TPSA) is 55.1 Å². The van der Waals surface area contributed by atoms with Crippen LogP contribution >= 0.6 is 0 Å². The molecule has 19 heavy (non-hydrogen) atoms. The lowest BCUT2D eigenvalue weighted by Gasteiger charge is -2.25. The molecule has 1 amide bonds. The van der Waals surface area contributed by atoms with Gasteiger partial charge in [-0.3, -0.25) is 4.79 Å². The van der Waals surface area contributed by atoms with E-state index in [1.54, 1.807) is 0 Å². The van der Waals surface area contributed by atoms with Gasteiger partial charge in [0.2, 0.25) is 5.91 Å². The van der Waals surface area contributed by atoms with E-state index in [1.807, 2.05) is 24.3 Å². The molecule has 3 heteroatoms. The second-order valence-corrected chi connectivity index (χ2v) is 6.21. The number of carbonyl (C=O) groups is 1. The van der Waals surface area contributed by atoms with Gasteiger partial charge in [0.1, 0.15) is 0 Å². The van der Waals surface area contributed by atoms with Crippen LogP contribution in [0.4, 0.5) is 5.69 Å². The third-order valence-electron chi connectivity index (χ3n) is 4.16. The van der Waals surface area contributed by atoms with Crippen LogP contribution in [0.5, 0.6) is 0 Å². The summed E-state index contributed by atoms with van der Waals surface area (Å²) in [6, 6.07) is 8.02. The van der Waals surface area contributed by atoms with Gasteiger partial charge in [0.05, 0.1) is 0 Å². The summed E-state index contributed by atoms with van der Waals surface area (Å²) in [5.74, 6) is 0.742. The minimum absolute atomic E-state index is 0.0194. The average molecular weight is 260 g/mol. The predicted octanol–water partition coefficient (Wildman–Crippen LogP) is 3.05. The molecule has 1 aromatic rings. The molecule has 2 rings (SSSR count). The van der Waals surface area contributed by atoms with Crippen LogP contribution in [0.15, 0.2) is 24.3 Å². The van der Waals surface area contributed by atoms with Gasteiger partial charge in [-0.2, -0.15) is 0 Å². The molecule has 0 unspecified atom stereocenters. The van der Waals surface area contributed by atoms with E-state index >= 15 is 0 Å². The van der Waals surface area contributed by atoms with E-state index in [0.717, 1.165) is 5.69 Å². The monoisotopic (exact) mass is 260 g/mol. The van der Waals surface area contributed by atoms with Gasteiger partial charge in [-0.15, -0.1) is 0 Å². The Morgan fingerprint density at radius 2 is 1.95 bits per heavy atom. The molecule has 0 aromatic heterocycles. The van der Waals surface area contributed by atoms with E-state index in [1.165, 1.54) is 24.8 Å². The quantitative estimate of drug-likeness (QED) is 0.855. The number of rotatable bonds is 5. The van der Waals surface area contributed by atoms with E-state index in [2.05, 4.69) is 19.2 Å². The Labute approximate surface area is 115 Å². The van der Waals surface area contributed by atoms with Crippen LogP contribution in [0, 0.1) is 5.92 Å². The largest absolute Gasteiger partial charge is 0.330 e. The zero-order valence-corrected chi connectivity index (χ0v) is 11.9. The molecule has 1 fully saturated rings. The zero-order valence-electron chi connectivity index (χ0n) is 11.9. The zero-order chi connectivity index (χ0) is 13.9. The number of amides is 1. The first-order valence-electron chi connectivity index (χ1n) is 7.12. The lowest BCUT2D eigenvalue weighted by molar-refractivity contribution is -0.117. The lowest BCUT2D eigenvalue weighted by atomic mass is 9.83. The van der Waals surface area contributed by atoms with Gasteiger partial charge in [-0.25, -0.2) is 0 Å². The highest BCUT2D eigenvalue weighted by Crippen LogP contribution is 2.29. The van der Waals surface area contributed by atoms with Crippen molar-refractivity contribution in [3.8, 4) is 0 Å². The SMILES string of the molecule is CC(C)(CN)c1ccc(NC(=O)CC2CCC2)cc1. The average Bonchev–Trinajstić information content (AvgIpc) is 2.35. The van der Waals surface area contributed by atoms with E-state index in [9.17, 15) is 4.79 Å². The van der Waals surface area contributed by atoms with Crippen molar-refractivity contribution in [1.82, 2.24) is 0 Å². The highest BCUT2D eigenvalue weighted by Gasteiger charge is 2.21. The van der Waals surface area contributed by atoms with E-state index < -0.39 is 0 Å². The van der Waals surface area contributed by atoms with Crippen molar-refractivity contribution in [1.29, 1.82) is 0 Å². The van der Waals surface area contributed by atoms with E-state index in [4.69, 9.17) is 5.73 Å². The molecule has 0 saturated heterocycles. The molecule has 104 valence electrons. The Morgan fingerprint density at radius 3 is 2.42 bits per heavy atom. The minimum atomic E-state index is -0.0194. The number of benzene rings is 1. The summed E-state index contributed by atoms with van der Waals surface area (Å²) in [6.45, 7) is 4.86. The molecule has 0 aliphatic heterocycles. The molecular formula is C16H24N2O. The maximum absolute atomic E-state index is 11.8. The molecule has 0 radical (unpaired) electrons. The van der Waals surface area contributed by atoms with Crippen LogP contribution in [0.2, 0.25) is 0 Å². The van der Waals surface area contributed by atoms with Gasteiger partial charge >= 0.3 is 0 Å². The third kappa shape index (κ3) is 3.57. The molecule has 1 aliphatic carbocycles. The van der Waals surface area contributed by atoms with Crippen LogP contribution in [-0.2, 0) is 10.2 Å². The van der Waals surface area contributed by atoms with E-state index in [0.29, 0.717) is 18.9 Å². The van der Waals surface area contributed by atoms with Crippen molar-refractivity contribution >= 4 is 11.6 Å². The normalized spacial score (nSPS) is 15.9. The first kappa shape index (κ1) is 14.1. The highest BCUT2D eigenvalue weighted by molar-refractivity contribution is 5.90. The summed E-state index contributed by atoms with van der Waals surface area (Å²) in [5, 5.41) is 2.97. The molecule has 0 bridgehead atoms. The van der Waals surface area contributed by atoms with Crippen molar-refractivity contribution in [2.45, 2.75) is 44.9 Å². The summed E-state index contributed by atoms with van der Waals surface area (Å²) in [5.41, 5.74) is 7.82. The van der Waals surface area contributed by atoms with Crippen LogP contribution in [0.1, 0.15) is 45.1 Å². The molecule has 1 saturated carbocycles. The van der Waals surface area contributed by atoms with Crippen molar-refractivity contribution in [2.24, 2.45) is 11.7 Å². The summed E-state index contributed by atoms with van der Waals surface area (Å²) in [7, 11) is 0. The number of hydrogen-bond acceptors (Lipinski definition) is 2. The van der Waals surface area contributed by atoms with Gasteiger partial charge in [0.25, 0.3) is 0 Å². The highest BCUT2D eigenvalue weighted by atomic mass is 16.1. The number of anilines is 1. The van der Waals surface area contributed by atoms with Crippen LogP contribution in [0.25, 0.3) is 0 Å². The Morgan fingerprint density at radius 1 is 1.32 bits per heavy atom. The Kier molecular flexibility index (Phi) is 4.25. The number of nitrogens with one attached hydrogen (secondary N) is 1. The fourth-order valence-electron chi connectivity index (χ4n) is 2.29. The summed E-state index contributed by atoms with van der Waals surface area (Å²) < 4.78 is 0.